The van der Waals surface area contributed by atoms with Gasteiger partial charge in [-0.2, -0.15) is 0 Å². The summed E-state index contributed by atoms with van der Waals surface area (Å²) in [6.45, 7) is 2.88. The van der Waals surface area contributed by atoms with Gasteiger partial charge in [0.25, 0.3) is 5.56 Å². The zero-order valence-corrected chi connectivity index (χ0v) is 13.4. The Bertz CT molecular complexity index is 815. The summed E-state index contributed by atoms with van der Waals surface area (Å²) in [4.78, 5) is 33.5. The molecule has 122 valence electrons. The Morgan fingerprint density at radius 2 is 2.17 bits per heavy atom. The van der Waals surface area contributed by atoms with E-state index in [-0.39, 0.29) is 17.2 Å². The molecule has 1 aliphatic rings. The zero-order valence-electron chi connectivity index (χ0n) is 13.4. The van der Waals surface area contributed by atoms with Crippen LogP contribution in [0.4, 0.5) is 5.82 Å². The molecule has 1 saturated heterocycles. The number of anilines is 1. The first-order chi connectivity index (χ1) is 11.0. The second-order valence-electron chi connectivity index (χ2n) is 5.64. The predicted octanol–water partition coefficient (Wildman–Crippen LogP) is 1.71. The SMILES string of the molecule is COC(=O)c1cc2nc(N3CCCC3C)c(=O)[nH]c2cc1OC. The second kappa shape index (κ2) is 5.91. The Hall–Kier alpha value is -2.57. The van der Waals surface area contributed by atoms with Gasteiger partial charge in [-0.15, -0.1) is 0 Å². The highest BCUT2D eigenvalue weighted by molar-refractivity contribution is 5.97. The fourth-order valence-electron chi connectivity index (χ4n) is 2.99. The van der Waals surface area contributed by atoms with Crippen molar-refractivity contribution in [3.8, 4) is 5.75 Å². The van der Waals surface area contributed by atoms with E-state index in [9.17, 15) is 9.59 Å². The van der Waals surface area contributed by atoms with Crippen molar-refractivity contribution in [3.05, 3.63) is 28.0 Å². The summed E-state index contributed by atoms with van der Waals surface area (Å²) in [5, 5.41) is 0. The Morgan fingerprint density at radius 3 is 2.78 bits per heavy atom. The van der Waals surface area contributed by atoms with Gasteiger partial charge in [-0.05, 0) is 25.8 Å². The van der Waals surface area contributed by atoms with Crippen LogP contribution in [0.2, 0.25) is 0 Å². The van der Waals surface area contributed by atoms with Crippen LogP contribution < -0.4 is 15.2 Å². The summed E-state index contributed by atoms with van der Waals surface area (Å²) in [5.74, 6) is 0.223. The number of rotatable bonds is 3. The molecule has 7 heteroatoms. The van der Waals surface area contributed by atoms with Crippen molar-refractivity contribution in [1.82, 2.24) is 9.97 Å². The highest BCUT2D eigenvalue weighted by Gasteiger charge is 2.25. The van der Waals surface area contributed by atoms with Crippen molar-refractivity contribution in [2.24, 2.45) is 0 Å². The monoisotopic (exact) mass is 317 g/mol. The van der Waals surface area contributed by atoms with Crippen LogP contribution >= 0.6 is 0 Å². The third-order valence-corrected chi connectivity index (χ3v) is 4.23. The molecule has 1 unspecified atom stereocenters. The van der Waals surface area contributed by atoms with E-state index in [0.29, 0.717) is 22.6 Å². The highest BCUT2D eigenvalue weighted by atomic mass is 16.5. The lowest BCUT2D eigenvalue weighted by Crippen LogP contribution is -2.32. The van der Waals surface area contributed by atoms with E-state index in [1.54, 1.807) is 12.1 Å². The number of carbonyl (C=O) groups is 1. The van der Waals surface area contributed by atoms with Gasteiger partial charge in [-0.3, -0.25) is 4.79 Å². The Kier molecular flexibility index (Phi) is 3.94. The van der Waals surface area contributed by atoms with Crippen LogP contribution in [-0.2, 0) is 4.74 Å². The third kappa shape index (κ3) is 2.62. The molecule has 1 fully saturated rings. The number of hydrogen-bond acceptors (Lipinski definition) is 6. The van der Waals surface area contributed by atoms with E-state index in [0.717, 1.165) is 19.4 Å². The number of nitrogens with one attached hydrogen (secondary N) is 1. The van der Waals surface area contributed by atoms with Crippen LogP contribution in [-0.4, -0.2) is 42.7 Å². The summed E-state index contributed by atoms with van der Waals surface area (Å²) in [5.41, 5.74) is 1.09. The minimum Gasteiger partial charge on any atom is -0.496 e. The molecule has 2 aromatic rings. The molecular weight excluding hydrogens is 298 g/mol. The van der Waals surface area contributed by atoms with Crippen LogP contribution in [0.25, 0.3) is 11.0 Å². The van der Waals surface area contributed by atoms with Crippen molar-refractivity contribution >= 4 is 22.8 Å². The average Bonchev–Trinajstić information content (AvgIpc) is 2.98. The molecule has 7 nitrogen and oxygen atoms in total. The molecule has 1 aromatic carbocycles. The van der Waals surface area contributed by atoms with Gasteiger partial charge in [-0.25, -0.2) is 9.78 Å². The molecule has 3 rings (SSSR count). The van der Waals surface area contributed by atoms with Gasteiger partial charge in [0.1, 0.15) is 11.3 Å². The summed E-state index contributed by atoms with van der Waals surface area (Å²) in [6, 6.07) is 3.45. The molecule has 1 atom stereocenters. The summed E-state index contributed by atoms with van der Waals surface area (Å²) in [7, 11) is 2.77. The molecule has 1 aliphatic heterocycles. The first-order valence-electron chi connectivity index (χ1n) is 7.52. The maximum absolute atomic E-state index is 12.3. The Balaban J connectivity index is 2.18. The van der Waals surface area contributed by atoms with Crippen molar-refractivity contribution in [2.45, 2.75) is 25.8 Å². The Labute approximate surface area is 133 Å². The van der Waals surface area contributed by atoms with Crippen LogP contribution in [0, 0.1) is 0 Å². The average molecular weight is 317 g/mol. The van der Waals surface area contributed by atoms with Crippen LogP contribution in [0.5, 0.6) is 5.75 Å². The number of methoxy groups -OCH3 is 2. The number of H-pyrrole nitrogens is 1. The van der Waals surface area contributed by atoms with E-state index in [4.69, 9.17) is 9.47 Å². The number of benzene rings is 1. The molecule has 1 aromatic heterocycles. The van der Waals surface area contributed by atoms with Crippen molar-refractivity contribution < 1.29 is 14.3 Å². The topological polar surface area (TPSA) is 84.5 Å². The van der Waals surface area contributed by atoms with Gasteiger partial charge in [0.05, 0.1) is 25.3 Å². The largest absolute Gasteiger partial charge is 0.496 e. The Morgan fingerprint density at radius 1 is 1.39 bits per heavy atom. The second-order valence-corrected chi connectivity index (χ2v) is 5.64. The fraction of sp³-hybridized carbons (Fsp3) is 0.438. The van der Waals surface area contributed by atoms with Gasteiger partial charge in [-0.1, -0.05) is 0 Å². The minimum atomic E-state index is -0.507. The summed E-state index contributed by atoms with van der Waals surface area (Å²) < 4.78 is 9.97. The molecular formula is C16H19N3O4. The highest BCUT2D eigenvalue weighted by Crippen LogP contribution is 2.26. The van der Waals surface area contributed by atoms with Crippen LogP contribution in [0.3, 0.4) is 0 Å². The van der Waals surface area contributed by atoms with Crippen LogP contribution in [0.15, 0.2) is 16.9 Å². The van der Waals surface area contributed by atoms with Gasteiger partial charge >= 0.3 is 5.97 Å². The zero-order chi connectivity index (χ0) is 16.6. The smallest absolute Gasteiger partial charge is 0.341 e. The van der Waals surface area contributed by atoms with E-state index in [1.807, 2.05) is 4.90 Å². The lowest BCUT2D eigenvalue weighted by atomic mass is 10.1. The molecule has 0 aliphatic carbocycles. The number of esters is 1. The lowest BCUT2D eigenvalue weighted by Gasteiger charge is -2.21. The molecule has 23 heavy (non-hydrogen) atoms. The number of carbonyl (C=O) groups excluding carboxylic acids is 1. The number of ether oxygens (including phenoxy) is 2. The number of nitrogens with zero attached hydrogens (tertiary/aromatic N) is 2. The van der Waals surface area contributed by atoms with E-state index < -0.39 is 5.97 Å². The van der Waals surface area contributed by atoms with Crippen molar-refractivity contribution in [3.63, 3.8) is 0 Å². The molecule has 0 bridgehead atoms. The standard InChI is InChI=1S/C16H19N3O4/c1-9-5-4-6-19(9)14-15(20)18-12-8-13(22-2)10(16(21)23-3)7-11(12)17-14/h7-9H,4-6H2,1-3H3,(H,18,20). The molecule has 0 radical (unpaired) electrons. The number of fused-ring (bicyclic) bond motifs is 1. The quantitative estimate of drug-likeness (QED) is 0.868. The van der Waals surface area contributed by atoms with E-state index in [1.165, 1.54) is 14.2 Å². The maximum Gasteiger partial charge on any atom is 0.341 e. The molecule has 1 N–H and O–H groups in total. The summed E-state index contributed by atoms with van der Waals surface area (Å²) >= 11 is 0. The number of aromatic nitrogens is 2. The predicted molar refractivity (Wildman–Crippen MR) is 86.3 cm³/mol. The van der Waals surface area contributed by atoms with Gasteiger partial charge < -0.3 is 19.4 Å². The lowest BCUT2D eigenvalue weighted by molar-refractivity contribution is 0.0597. The van der Waals surface area contributed by atoms with E-state index >= 15 is 0 Å². The molecule has 0 amide bonds. The third-order valence-electron chi connectivity index (χ3n) is 4.23. The first kappa shape index (κ1) is 15.3. The van der Waals surface area contributed by atoms with Crippen molar-refractivity contribution in [1.29, 1.82) is 0 Å². The van der Waals surface area contributed by atoms with Crippen LogP contribution in [0.1, 0.15) is 30.1 Å². The fourth-order valence-corrected chi connectivity index (χ4v) is 2.99. The maximum atomic E-state index is 12.3. The van der Waals surface area contributed by atoms with E-state index in [2.05, 4.69) is 16.9 Å². The molecule has 0 spiro atoms. The minimum absolute atomic E-state index is 0.237. The van der Waals surface area contributed by atoms with Gasteiger partial charge in [0.15, 0.2) is 5.82 Å². The van der Waals surface area contributed by atoms with Gasteiger partial charge in [0.2, 0.25) is 0 Å². The molecule has 0 saturated carbocycles. The molecule has 2 heterocycles. The summed E-state index contributed by atoms with van der Waals surface area (Å²) in [6.07, 6.45) is 2.07. The number of hydrogen-bond donors (Lipinski definition) is 1. The van der Waals surface area contributed by atoms with Crippen molar-refractivity contribution in [2.75, 3.05) is 25.7 Å². The normalized spacial score (nSPS) is 17.5. The first-order valence-corrected chi connectivity index (χ1v) is 7.52. The van der Waals surface area contributed by atoms with Gasteiger partial charge in [0, 0.05) is 18.7 Å². The number of aromatic amines is 1.